The van der Waals surface area contributed by atoms with Gasteiger partial charge >= 0.3 is 0 Å². The third kappa shape index (κ3) is 3.71. The summed E-state index contributed by atoms with van der Waals surface area (Å²) in [7, 11) is 0. The lowest BCUT2D eigenvalue weighted by Gasteiger charge is -2.39. The third-order valence-electron chi connectivity index (χ3n) is 3.63. The van der Waals surface area contributed by atoms with Crippen LogP contribution in [0.1, 0.15) is 45.8 Å². The van der Waals surface area contributed by atoms with Crippen LogP contribution in [-0.2, 0) is 4.74 Å². The first-order valence-corrected chi connectivity index (χ1v) is 7.17. The van der Waals surface area contributed by atoms with Crippen molar-refractivity contribution in [2.75, 3.05) is 13.1 Å². The second kappa shape index (κ2) is 5.93. The molecule has 1 aliphatic rings. The van der Waals surface area contributed by atoms with Gasteiger partial charge in [0.1, 0.15) is 5.75 Å². The van der Waals surface area contributed by atoms with Crippen molar-refractivity contribution in [3.8, 4) is 5.75 Å². The van der Waals surface area contributed by atoms with Gasteiger partial charge in [-0.05, 0) is 44.9 Å². The zero-order valence-corrected chi connectivity index (χ0v) is 12.4. The first kappa shape index (κ1) is 14.4. The minimum absolute atomic E-state index is 0.0595. The fourth-order valence-corrected chi connectivity index (χ4v) is 2.32. The molecular weight excluding hydrogens is 238 g/mol. The second-order valence-electron chi connectivity index (χ2n) is 5.78. The van der Waals surface area contributed by atoms with Crippen molar-refractivity contribution in [1.29, 1.82) is 0 Å². The van der Waals surface area contributed by atoms with Crippen LogP contribution in [0.3, 0.4) is 0 Å². The molecule has 2 rings (SSSR count). The number of nitrogens with one attached hydrogen (secondary N) is 1. The summed E-state index contributed by atoms with van der Waals surface area (Å²) in [5.74, 6) is 0.917. The Kier molecular flexibility index (Phi) is 4.48. The van der Waals surface area contributed by atoms with Crippen LogP contribution in [-0.4, -0.2) is 24.8 Å². The van der Waals surface area contributed by atoms with E-state index in [1.165, 1.54) is 5.56 Å². The van der Waals surface area contributed by atoms with Crippen LogP contribution in [0.4, 0.5) is 0 Å². The summed E-state index contributed by atoms with van der Waals surface area (Å²) in [5.41, 5.74) is 1.15. The van der Waals surface area contributed by atoms with Crippen molar-refractivity contribution in [3.63, 3.8) is 0 Å². The Bertz CT molecular complexity index is 402. The van der Waals surface area contributed by atoms with Gasteiger partial charge in [0, 0.05) is 13.1 Å². The summed E-state index contributed by atoms with van der Waals surface area (Å²) < 4.78 is 11.9. The highest BCUT2D eigenvalue weighted by Crippen LogP contribution is 2.30. The molecule has 1 aromatic rings. The van der Waals surface area contributed by atoms with Crippen LogP contribution >= 0.6 is 0 Å². The van der Waals surface area contributed by atoms with Gasteiger partial charge < -0.3 is 14.8 Å². The molecule has 1 heterocycles. The minimum atomic E-state index is -0.0595. The van der Waals surface area contributed by atoms with E-state index in [1.54, 1.807) is 0 Å². The molecule has 3 heteroatoms. The predicted molar refractivity (Wildman–Crippen MR) is 77.6 cm³/mol. The quantitative estimate of drug-likeness (QED) is 0.904. The van der Waals surface area contributed by atoms with E-state index in [0.29, 0.717) is 0 Å². The van der Waals surface area contributed by atoms with Gasteiger partial charge in [0.05, 0.1) is 17.8 Å². The molecule has 0 spiro atoms. The van der Waals surface area contributed by atoms with Gasteiger partial charge in [0.25, 0.3) is 0 Å². The fraction of sp³-hybridized carbons (Fsp3) is 0.625. The molecule has 0 aromatic heterocycles. The zero-order valence-electron chi connectivity index (χ0n) is 12.4. The molecule has 0 aliphatic carbocycles. The Balaban J connectivity index is 2.05. The minimum Gasteiger partial charge on any atom is -0.491 e. The Morgan fingerprint density at radius 2 is 2.05 bits per heavy atom. The van der Waals surface area contributed by atoms with Crippen LogP contribution in [0.15, 0.2) is 24.3 Å². The van der Waals surface area contributed by atoms with E-state index in [9.17, 15) is 0 Å². The number of hydrogen-bond acceptors (Lipinski definition) is 3. The average Bonchev–Trinajstić information content (AvgIpc) is 2.39. The highest BCUT2D eigenvalue weighted by Gasteiger charge is 2.31. The molecule has 1 fully saturated rings. The van der Waals surface area contributed by atoms with Crippen molar-refractivity contribution in [1.82, 2.24) is 5.32 Å². The van der Waals surface area contributed by atoms with Gasteiger partial charge in [-0.1, -0.05) is 19.1 Å². The standard InChI is InChI=1S/C16H25NO2/c1-5-16(4)11-17-10-15(19-16)13-6-8-14(9-7-13)18-12(2)3/h6-9,12,15,17H,5,10-11H2,1-4H3. The molecular formula is C16H25NO2. The normalized spacial score (nSPS) is 27.5. The fourth-order valence-electron chi connectivity index (χ4n) is 2.32. The van der Waals surface area contributed by atoms with Crippen molar-refractivity contribution in [2.45, 2.75) is 51.9 Å². The first-order valence-electron chi connectivity index (χ1n) is 7.17. The molecule has 0 radical (unpaired) electrons. The lowest BCUT2D eigenvalue weighted by molar-refractivity contribution is -0.109. The van der Waals surface area contributed by atoms with Crippen molar-refractivity contribution < 1.29 is 9.47 Å². The van der Waals surface area contributed by atoms with E-state index in [1.807, 2.05) is 26.0 Å². The Hall–Kier alpha value is -1.06. The first-order chi connectivity index (χ1) is 9.02. The largest absolute Gasteiger partial charge is 0.491 e. The molecule has 1 aromatic carbocycles. The van der Waals surface area contributed by atoms with E-state index in [4.69, 9.17) is 9.47 Å². The smallest absolute Gasteiger partial charge is 0.119 e. The van der Waals surface area contributed by atoms with Gasteiger partial charge in [-0.25, -0.2) is 0 Å². The second-order valence-corrected chi connectivity index (χ2v) is 5.78. The zero-order chi connectivity index (χ0) is 13.9. The number of hydrogen-bond donors (Lipinski definition) is 1. The highest BCUT2D eigenvalue weighted by molar-refractivity contribution is 5.29. The Morgan fingerprint density at radius 3 is 2.63 bits per heavy atom. The molecule has 3 nitrogen and oxygen atoms in total. The molecule has 1 N–H and O–H groups in total. The van der Waals surface area contributed by atoms with Crippen LogP contribution in [0.25, 0.3) is 0 Å². The molecule has 2 unspecified atom stereocenters. The SMILES string of the molecule is CCC1(C)CNCC(c2ccc(OC(C)C)cc2)O1. The number of rotatable bonds is 4. The van der Waals surface area contributed by atoms with Crippen LogP contribution in [0, 0.1) is 0 Å². The average molecular weight is 263 g/mol. The number of benzene rings is 1. The van der Waals surface area contributed by atoms with Gasteiger partial charge in [0.15, 0.2) is 0 Å². The monoisotopic (exact) mass is 263 g/mol. The van der Waals surface area contributed by atoms with Crippen molar-refractivity contribution >= 4 is 0 Å². The summed E-state index contributed by atoms with van der Waals surface area (Å²) in [6.07, 6.45) is 1.36. The van der Waals surface area contributed by atoms with Crippen LogP contribution in [0.5, 0.6) is 5.75 Å². The molecule has 1 aliphatic heterocycles. The van der Waals surface area contributed by atoms with Crippen LogP contribution in [0.2, 0.25) is 0 Å². The summed E-state index contributed by atoms with van der Waals surface area (Å²) in [4.78, 5) is 0. The Morgan fingerprint density at radius 1 is 1.37 bits per heavy atom. The summed E-state index contributed by atoms with van der Waals surface area (Å²) >= 11 is 0. The molecule has 0 saturated carbocycles. The van der Waals surface area contributed by atoms with Gasteiger partial charge in [-0.2, -0.15) is 0 Å². The summed E-state index contributed by atoms with van der Waals surface area (Å²) in [5, 5.41) is 3.47. The molecule has 0 amide bonds. The predicted octanol–water partition coefficient (Wildman–Crippen LogP) is 3.30. The van der Waals surface area contributed by atoms with E-state index in [2.05, 4.69) is 31.3 Å². The maximum atomic E-state index is 6.23. The maximum Gasteiger partial charge on any atom is 0.119 e. The number of morpholine rings is 1. The van der Waals surface area contributed by atoms with E-state index in [0.717, 1.165) is 25.3 Å². The molecule has 0 bridgehead atoms. The van der Waals surface area contributed by atoms with Gasteiger partial charge in [0.2, 0.25) is 0 Å². The summed E-state index contributed by atoms with van der Waals surface area (Å²) in [6, 6.07) is 8.25. The topological polar surface area (TPSA) is 30.5 Å². The Labute approximate surface area is 116 Å². The van der Waals surface area contributed by atoms with Gasteiger partial charge in [-0.15, -0.1) is 0 Å². The number of ether oxygens (including phenoxy) is 2. The molecule has 1 saturated heterocycles. The van der Waals surface area contributed by atoms with E-state index in [-0.39, 0.29) is 17.8 Å². The van der Waals surface area contributed by atoms with Crippen LogP contribution < -0.4 is 10.1 Å². The highest BCUT2D eigenvalue weighted by atomic mass is 16.5. The third-order valence-corrected chi connectivity index (χ3v) is 3.63. The lowest BCUT2D eigenvalue weighted by atomic mass is 9.98. The maximum absolute atomic E-state index is 6.23. The molecule has 106 valence electrons. The van der Waals surface area contributed by atoms with Crippen molar-refractivity contribution in [2.24, 2.45) is 0 Å². The van der Waals surface area contributed by atoms with E-state index < -0.39 is 0 Å². The molecule has 19 heavy (non-hydrogen) atoms. The summed E-state index contributed by atoms with van der Waals surface area (Å²) in [6.45, 7) is 10.2. The van der Waals surface area contributed by atoms with Gasteiger partial charge in [-0.3, -0.25) is 0 Å². The van der Waals surface area contributed by atoms with E-state index >= 15 is 0 Å². The molecule has 2 atom stereocenters. The lowest BCUT2D eigenvalue weighted by Crippen LogP contribution is -2.48. The van der Waals surface area contributed by atoms with Crippen molar-refractivity contribution in [3.05, 3.63) is 29.8 Å².